The van der Waals surface area contributed by atoms with E-state index < -0.39 is 12.1 Å². The number of nitrogens with one attached hydrogen (secondary N) is 2. The van der Waals surface area contributed by atoms with E-state index in [0.717, 1.165) is 76.3 Å². The Balaban J connectivity index is 1.93. The second-order valence-corrected chi connectivity index (χ2v) is 13.2. The normalized spacial score (nSPS) is 31.4. The number of hydrogen-bond acceptors (Lipinski definition) is 7. The highest BCUT2D eigenvalue weighted by atomic mass is 35.5. The van der Waals surface area contributed by atoms with E-state index in [0.29, 0.717) is 30.3 Å². The van der Waals surface area contributed by atoms with Crippen molar-refractivity contribution in [1.82, 2.24) is 10.6 Å². The smallest absolute Gasteiger partial charge is 0.232 e. The number of halogens is 1. The van der Waals surface area contributed by atoms with Crippen LogP contribution in [-0.2, 0) is 9.53 Å². The van der Waals surface area contributed by atoms with Gasteiger partial charge in [-0.25, -0.2) is 0 Å². The fourth-order valence-corrected chi connectivity index (χ4v) is 7.33. The van der Waals surface area contributed by atoms with Crippen LogP contribution in [0.4, 0.5) is 0 Å². The third kappa shape index (κ3) is 9.15. The topological polar surface area (TPSA) is 135 Å². The second kappa shape index (κ2) is 16.4. The summed E-state index contributed by atoms with van der Waals surface area (Å²) >= 11 is 6.67. The van der Waals surface area contributed by atoms with Gasteiger partial charge in [-0.05, 0) is 56.3 Å². The maximum absolute atomic E-state index is 14.2. The van der Waals surface area contributed by atoms with Gasteiger partial charge in [-0.3, -0.25) is 9.79 Å². The molecule has 6 unspecified atom stereocenters. The van der Waals surface area contributed by atoms with Gasteiger partial charge in [0.05, 0.1) is 30.4 Å². The van der Waals surface area contributed by atoms with Gasteiger partial charge < -0.3 is 31.9 Å². The Bertz CT molecular complexity index is 866. The molecule has 1 fully saturated rings. The van der Waals surface area contributed by atoms with Crippen LogP contribution < -0.4 is 22.1 Å². The number of nitrogens with two attached hydrogens (primary N) is 2. The number of aliphatic hydroxyl groups is 1. The fourth-order valence-electron chi connectivity index (χ4n) is 7.09. The molecule has 40 heavy (non-hydrogen) atoms. The zero-order valence-corrected chi connectivity index (χ0v) is 26.0. The SMILES string of the molecule is CCCC1(CC)CCCC(Cl)CNC(C(C(=O)NC2=C(OCCO)CC3N=C2CCCCCCC3C)C(N)N)C1. The lowest BCUT2D eigenvalue weighted by Crippen LogP contribution is -2.58. The minimum absolute atomic E-state index is 0.00486. The molecule has 8 nitrogen and oxygen atoms in total. The third-order valence-electron chi connectivity index (χ3n) is 9.54. The van der Waals surface area contributed by atoms with Gasteiger partial charge in [0, 0.05) is 24.4 Å². The van der Waals surface area contributed by atoms with E-state index >= 15 is 0 Å². The first kappa shape index (κ1) is 33.3. The van der Waals surface area contributed by atoms with Gasteiger partial charge in [0.25, 0.3) is 0 Å². The molecular formula is C31H56ClN5O3. The van der Waals surface area contributed by atoms with Crippen LogP contribution in [-0.4, -0.2) is 60.1 Å². The summed E-state index contributed by atoms with van der Waals surface area (Å²) in [5.74, 6) is 0.292. The van der Waals surface area contributed by atoms with Crippen LogP contribution in [0.3, 0.4) is 0 Å². The first-order valence-corrected chi connectivity index (χ1v) is 16.4. The molecule has 0 aromatic rings. The van der Waals surface area contributed by atoms with Crippen LogP contribution in [0.15, 0.2) is 16.4 Å². The van der Waals surface area contributed by atoms with Crippen LogP contribution in [0.2, 0.25) is 0 Å². The molecule has 0 radical (unpaired) electrons. The number of alkyl halides is 1. The molecule has 0 saturated carbocycles. The number of aliphatic imine (C=N–C) groups is 1. The lowest BCUT2D eigenvalue weighted by Gasteiger charge is -2.39. The molecule has 3 aliphatic rings. The molecule has 1 saturated heterocycles. The summed E-state index contributed by atoms with van der Waals surface area (Å²) in [4.78, 5) is 19.3. The van der Waals surface area contributed by atoms with Crippen molar-refractivity contribution in [2.24, 2.45) is 33.7 Å². The fraction of sp³-hybridized carbons (Fsp3) is 0.871. The van der Waals surface area contributed by atoms with Crippen LogP contribution in [0.5, 0.6) is 0 Å². The van der Waals surface area contributed by atoms with Crippen molar-refractivity contribution in [2.45, 2.75) is 134 Å². The number of fused-ring (bicyclic) bond motifs is 1. The summed E-state index contributed by atoms with van der Waals surface area (Å²) in [7, 11) is 0. The number of allylic oxidation sites excluding steroid dienone is 1. The van der Waals surface area contributed by atoms with E-state index in [1.165, 1.54) is 12.8 Å². The van der Waals surface area contributed by atoms with Crippen molar-refractivity contribution in [3.05, 3.63) is 11.5 Å². The van der Waals surface area contributed by atoms with E-state index in [1.807, 2.05) is 0 Å². The van der Waals surface area contributed by atoms with Gasteiger partial charge in [0.2, 0.25) is 5.91 Å². The quantitative estimate of drug-likeness (QED) is 0.187. The Labute approximate surface area is 247 Å². The average molecular weight is 582 g/mol. The minimum Gasteiger partial charge on any atom is -0.493 e. The third-order valence-corrected chi connectivity index (χ3v) is 9.91. The van der Waals surface area contributed by atoms with E-state index in [2.05, 4.69) is 31.4 Å². The van der Waals surface area contributed by atoms with Gasteiger partial charge >= 0.3 is 0 Å². The molecule has 0 aromatic carbocycles. The summed E-state index contributed by atoms with van der Waals surface area (Å²) in [5.41, 5.74) is 14.4. The summed E-state index contributed by atoms with van der Waals surface area (Å²) < 4.78 is 6.07. The molecule has 2 bridgehead atoms. The van der Waals surface area contributed by atoms with Crippen molar-refractivity contribution in [2.75, 3.05) is 19.8 Å². The van der Waals surface area contributed by atoms with Crippen LogP contribution in [0.1, 0.15) is 111 Å². The molecular weight excluding hydrogens is 526 g/mol. The van der Waals surface area contributed by atoms with Crippen LogP contribution in [0.25, 0.3) is 0 Å². The lowest BCUT2D eigenvalue weighted by molar-refractivity contribution is -0.126. The molecule has 0 spiro atoms. The maximum atomic E-state index is 14.2. The van der Waals surface area contributed by atoms with Gasteiger partial charge in [0.1, 0.15) is 18.1 Å². The maximum Gasteiger partial charge on any atom is 0.232 e. The number of nitrogens with zero attached hydrogens (tertiary/aromatic N) is 1. The van der Waals surface area contributed by atoms with Crippen molar-refractivity contribution < 1.29 is 14.6 Å². The molecule has 6 atom stereocenters. The highest BCUT2D eigenvalue weighted by Crippen LogP contribution is 2.41. The first-order chi connectivity index (χ1) is 19.2. The summed E-state index contributed by atoms with van der Waals surface area (Å²) in [5, 5.41) is 16.4. The molecule has 9 heteroatoms. The summed E-state index contributed by atoms with van der Waals surface area (Å²) in [6, 6.07) is -0.0819. The Kier molecular flexibility index (Phi) is 13.7. The van der Waals surface area contributed by atoms with Crippen LogP contribution >= 0.6 is 11.6 Å². The molecule has 3 aliphatic heterocycles. The number of hydrogen-bond donors (Lipinski definition) is 5. The van der Waals surface area contributed by atoms with Gasteiger partial charge in [-0.2, -0.15) is 0 Å². The predicted octanol–water partition coefficient (Wildman–Crippen LogP) is 4.72. The predicted molar refractivity (Wildman–Crippen MR) is 164 cm³/mol. The monoisotopic (exact) mass is 581 g/mol. The lowest BCUT2D eigenvalue weighted by atomic mass is 9.70. The Morgan fingerprint density at radius 1 is 1.23 bits per heavy atom. The number of aliphatic hydroxyl groups excluding tert-OH is 1. The molecule has 230 valence electrons. The number of ether oxygens (including phenoxy) is 1. The number of carbonyl (C=O) groups excluding carboxylic acids is 1. The number of amides is 1. The zero-order valence-electron chi connectivity index (χ0n) is 25.2. The molecule has 3 heterocycles. The average Bonchev–Trinajstić information content (AvgIpc) is 2.99. The van der Waals surface area contributed by atoms with Gasteiger partial charge in [0.15, 0.2) is 0 Å². The minimum atomic E-state index is -0.840. The standard InChI is InChI=1S/C31H56ClN5O3/c1-4-14-31(5-2)15-10-12-22(32)20-35-25(19-31)27(29(33)34)30(39)37-28-23-13-9-7-6-8-11-21(3)24(36-23)18-26(28)40-17-16-38/h21-22,24-25,27,29,35,38H,4-20,33-34H2,1-3H3,(H,37,39). The van der Waals surface area contributed by atoms with Crippen molar-refractivity contribution in [1.29, 1.82) is 0 Å². The summed E-state index contributed by atoms with van der Waals surface area (Å²) in [6.45, 7) is 7.46. The number of dihydropyridines is 1. The first-order valence-electron chi connectivity index (χ1n) is 16.0. The largest absolute Gasteiger partial charge is 0.493 e. The molecule has 7 N–H and O–H groups in total. The van der Waals surface area contributed by atoms with Crippen molar-refractivity contribution in [3.8, 4) is 0 Å². The second-order valence-electron chi connectivity index (χ2n) is 12.6. The van der Waals surface area contributed by atoms with Gasteiger partial charge in [-0.15, -0.1) is 11.6 Å². The Morgan fingerprint density at radius 2 is 2.00 bits per heavy atom. The molecule has 1 amide bonds. The molecule has 3 rings (SSSR count). The van der Waals surface area contributed by atoms with Crippen molar-refractivity contribution in [3.63, 3.8) is 0 Å². The van der Waals surface area contributed by atoms with E-state index in [1.54, 1.807) is 0 Å². The van der Waals surface area contributed by atoms with E-state index in [-0.39, 0.29) is 42.0 Å². The zero-order chi connectivity index (χ0) is 29.1. The molecule has 0 aliphatic carbocycles. The van der Waals surface area contributed by atoms with Crippen molar-refractivity contribution >= 4 is 23.2 Å². The molecule has 0 aromatic heterocycles. The van der Waals surface area contributed by atoms with E-state index in [4.69, 9.17) is 32.8 Å². The van der Waals surface area contributed by atoms with Crippen LogP contribution in [0, 0.1) is 17.3 Å². The Morgan fingerprint density at radius 3 is 2.70 bits per heavy atom. The Hall–Kier alpha value is -1.19. The summed E-state index contributed by atoms with van der Waals surface area (Å²) in [6.07, 6.45) is 13.5. The number of rotatable bonds is 10. The van der Waals surface area contributed by atoms with E-state index in [9.17, 15) is 9.90 Å². The number of carbonyl (C=O) groups is 1. The van der Waals surface area contributed by atoms with Gasteiger partial charge in [-0.1, -0.05) is 59.3 Å². The highest BCUT2D eigenvalue weighted by Gasteiger charge is 2.40. The highest BCUT2D eigenvalue weighted by molar-refractivity contribution is 6.20.